The van der Waals surface area contributed by atoms with Crippen LogP contribution in [-0.2, 0) is 6.42 Å². The summed E-state index contributed by atoms with van der Waals surface area (Å²) < 4.78 is 5.74. The van der Waals surface area contributed by atoms with Crippen LogP contribution in [0.2, 0.25) is 5.15 Å². The molecule has 2 aromatic rings. The van der Waals surface area contributed by atoms with E-state index in [-0.39, 0.29) is 10.8 Å². The van der Waals surface area contributed by atoms with Crippen molar-refractivity contribution in [2.45, 2.75) is 20.3 Å². The van der Waals surface area contributed by atoms with Crippen molar-refractivity contribution in [3.05, 3.63) is 52.1 Å². The maximum Gasteiger partial charge on any atom is 0.354 e. The third kappa shape index (κ3) is 3.92. The fraction of sp³-hybridized carbons (Fsp3) is 0.267. The van der Waals surface area contributed by atoms with Gasteiger partial charge in [0, 0.05) is 12.5 Å². The molecule has 0 saturated carbocycles. The molecule has 1 aromatic carbocycles. The van der Waals surface area contributed by atoms with Crippen LogP contribution in [-0.4, -0.2) is 27.7 Å². The number of aromatic nitrogens is 2. The van der Waals surface area contributed by atoms with Crippen molar-refractivity contribution in [1.29, 1.82) is 0 Å². The highest BCUT2D eigenvalue weighted by atomic mass is 35.5. The maximum atomic E-state index is 10.9. The number of benzene rings is 1. The average molecular weight is 307 g/mol. The number of carboxylic acids is 1. The molecule has 0 spiro atoms. The summed E-state index contributed by atoms with van der Waals surface area (Å²) in [7, 11) is 0. The molecule has 0 unspecified atom stereocenters. The summed E-state index contributed by atoms with van der Waals surface area (Å²) in [6.07, 6.45) is 0.384. The van der Waals surface area contributed by atoms with Crippen LogP contribution >= 0.6 is 11.6 Å². The summed E-state index contributed by atoms with van der Waals surface area (Å²) in [6.45, 7) is 4.30. The highest BCUT2D eigenvalue weighted by molar-refractivity contribution is 6.29. The van der Waals surface area contributed by atoms with E-state index in [2.05, 4.69) is 9.97 Å². The molecule has 5 nitrogen and oxygen atoms in total. The van der Waals surface area contributed by atoms with Gasteiger partial charge in [-0.3, -0.25) is 0 Å². The van der Waals surface area contributed by atoms with Gasteiger partial charge in [0.05, 0.1) is 6.61 Å². The van der Waals surface area contributed by atoms with Crippen molar-refractivity contribution in [3.63, 3.8) is 0 Å². The molecule has 0 bridgehead atoms. The van der Waals surface area contributed by atoms with E-state index in [1.165, 1.54) is 6.07 Å². The van der Waals surface area contributed by atoms with Gasteiger partial charge in [-0.05, 0) is 25.0 Å². The van der Waals surface area contributed by atoms with Crippen molar-refractivity contribution >= 4 is 17.6 Å². The normalized spacial score (nSPS) is 10.4. The van der Waals surface area contributed by atoms with Gasteiger partial charge in [-0.25, -0.2) is 14.8 Å². The second-order valence-corrected chi connectivity index (χ2v) is 5.00. The quantitative estimate of drug-likeness (QED) is 0.859. The Morgan fingerprint density at radius 2 is 1.95 bits per heavy atom. The summed E-state index contributed by atoms with van der Waals surface area (Å²) in [5, 5.41) is 9.04. The Morgan fingerprint density at radius 1 is 1.29 bits per heavy atom. The fourth-order valence-corrected chi connectivity index (χ4v) is 2.16. The average Bonchev–Trinajstić information content (AvgIpc) is 2.41. The summed E-state index contributed by atoms with van der Waals surface area (Å²) >= 11 is 5.79. The lowest BCUT2D eigenvalue weighted by molar-refractivity contribution is 0.0689. The summed E-state index contributed by atoms with van der Waals surface area (Å²) in [6, 6.07) is 7.14. The molecule has 0 radical (unpaired) electrons. The van der Waals surface area contributed by atoms with Crippen LogP contribution < -0.4 is 4.74 Å². The molecule has 0 aliphatic heterocycles. The molecule has 0 amide bonds. The van der Waals surface area contributed by atoms with Crippen LogP contribution in [0.4, 0.5) is 0 Å². The van der Waals surface area contributed by atoms with E-state index in [0.717, 1.165) is 16.9 Å². The molecule has 1 N–H and O–H groups in total. The first kappa shape index (κ1) is 15.3. The first-order chi connectivity index (χ1) is 9.97. The highest BCUT2D eigenvalue weighted by Crippen LogP contribution is 2.22. The Bertz CT molecular complexity index is 654. The number of hydrogen-bond donors (Lipinski definition) is 1. The zero-order chi connectivity index (χ0) is 15.4. The van der Waals surface area contributed by atoms with E-state index in [1.807, 2.05) is 32.0 Å². The number of rotatable bonds is 5. The van der Waals surface area contributed by atoms with Gasteiger partial charge in [-0.1, -0.05) is 29.8 Å². The lowest BCUT2D eigenvalue weighted by Gasteiger charge is -2.11. The van der Waals surface area contributed by atoms with E-state index >= 15 is 0 Å². The molecule has 6 heteroatoms. The summed E-state index contributed by atoms with van der Waals surface area (Å²) in [5.41, 5.74) is 1.98. The standard InChI is InChI=1S/C15H15ClN2O3/c1-9-4-3-5-10(2)14(9)21-7-6-13-17-11(15(19)20)8-12(16)18-13/h3-5,8H,6-7H2,1-2H3,(H,19,20). The number of halogens is 1. The molecule has 0 aliphatic rings. The van der Waals surface area contributed by atoms with Gasteiger partial charge < -0.3 is 9.84 Å². The van der Waals surface area contributed by atoms with Gasteiger partial charge in [0.2, 0.25) is 0 Å². The Labute approximate surface area is 127 Å². The lowest BCUT2D eigenvalue weighted by atomic mass is 10.1. The van der Waals surface area contributed by atoms with Crippen molar-refractivity contribution in [3.8, 4) is 5.75 Å². The second kappa shape index (κ2) is 6.54. The first-order valence-corrected chi connectivity index (χ1v) is 6.81. The number of nitrogens with zero attached hydrogens (tertiary/aromatic N) is 2. The number of carboxylic acid groups (broad SMARTS) is 1. The molecule has 1 aromatic heterocycles. The van der Waals surface area contributed by atoms with Gasteiger partial charge in [0.15, 0.2) is 5.69 Å². The third-order valence-corrected chi connectivity index (χ3v) is 3.13. The van der Waals surface area contributed by atoms with Crippen LogP contribution in [0.1, 0.15) is 27.4 Å². The summed E-state index contributed by atoms with van der Waals surface area (Å²) in [5.74, 6) is 0.0559. The van der Waals surface area contributed by atoms with Crippen LogP contribution in [0.15, 0.2) is 24.3 Å². The van der Waals surface area contributed by atoms with Gasteiger partial charge in [0.25, 0.3) is 0 Å². The minimum Gasteiger partial charge on any atom is -0.493 e. The fourth-order valence-electron chi connectivity index (χ4n) is 1.96. The van der Waals surface area contributed by atoms with Crippen molar-refractivity contribution in [1.82, 2.24) is 9.97 Å². The Balaban J connectivity index is 2.05. The smallest absolute Gasteiger partial charge is 0.354 e. The molecule has 21 heavy (non-hydrogen) atoms. The molecule has 0 saturated heterocycles. The molecule has 110 valence electrons. The molecule has 2 rings (SSSR count). The molecule has 0 atom stereocenters. The number of ether oxygens (including phenoxy) is 1. The third-order valence-electron chi connectivity index (χ3n) is 2.94. The molecule has 0 fully saturated rings. The predicted octanol–water partition coefficient (Wildman–Crippen LogP) is 3.07. The van der Waals surface area contributed by atoms with Crippen LogP contribution in [0, 0.1) is 13.8 Å². The van der Waals surface area contributed by atoms with E-state index in [1.54, 1.807) is 0 Å². The molecular weight excluding hydrogens is 292 g/mol. The monoisotopic (exact) mass is 306 g/mol. The Hall–Kier alpha value is -2.14. The van der Waals surface area contributed by atoms with Gasteiger partial charge >= 0.3 is 5.97 Å². The van der Waals surface area contributed by atoms with Crippen LogP contribution in [0.3, 0.4) is 0 Å². The lowest BCUT2D eigenvalue weighted by Crippen LogP contribution is -2.10. The van der Waals surface area contributed by atoms with Gasteiger partial charge in [-0.15, -0.1) is 0 Å². The van der Waals surface area contributed by atoms with Gasteiger partial charge in [0.1, 0.15) is 16.7 Å². The van der Waals surface area contributed by atoms with E-state index < -0.39 is 5.97 Å². The number of hydrogen-bond acceptors (Lipinski definition) is 4. The predicted molar refractivity (Wildman–Crippen MR) is 79.1 cm³/mol. The first-order valence-electron chi connectivity index (χ1n) is 6.43. The van der Waals surface area contributed by atoms with E-state index in [4.69, 9.17) is 21.4 Å². The maximum absolute atomic E-state index is 10.9. The minimum absolute atomic E-state index is 0.114. The van der Waals surface area contributed by atoms with Crippen LogP contribution in [0.25, 0.3) is 0 Å². The van der Waals surface area contributed by atoms with Crippen molar-refractivity contribution in [2.75, 3.05) is 6.61 Å². The van der Waals surface area contributed by atoms with E-state index in [9.17, 15) is 4.79 Å². The van der Waals surface area contributed by atoms with Gasteiger partial charge in [-0.2, -0.15) is 0 Å². The Kier molecular flexibility index (Phi) is 4.75. The van der Waals surface area contributed by atoms with Crippen molar-refractivity contribution in [2.24, 2.45) is 0 Å². The van der Waals surface area contributed by atoms with E-state index in [0.29, 0.717) is 18.9 Å². The topological polar surface area (TPSA) is 72.3 Å². The largest absolute Gasteiger partial charge is 0.493 e. The minimum atomic E-state index is -1.13. The summed E-state index contributed by atoms with van der Waals surface area (Å²) in [4.78, 5) is 18.8. The number of aromatic carboxylic acids is 1. The van der Waals surface area contributed by atoms with Crippen molar-refractivity contribution < 1.29 is 14.6 Å². The number of para-hydroxylation sites is 1. The second-order valence-electron chi connectivity index (χ2n) is 4.62. The zero-order valence-corrected chi connectivity index (χ0v) is 12.5. The highest BCUT2D eigenvalue weighted by Gasteiger charge is 2.10. The molecule has 1 heterocycles. The number of carbonyl (C=O) groups is 1. The Morgan fingerprint density at radius 3 is 2.57 bits per heavy atom. The van der Waals surface area contributed by atoms with Crippen LogP contribution in [0.5, 0.6) is 5.75 Å². The SMILES string of the molecule is Cc1cccc(C)c1OCCc1nc(Cl)cc(C(=O)O)n1. The molecular formula is C15H15ClN2O3. The molecule has 0 aliphatic carbocycles. The number of aryl methyl sites for hydroxylation is 2. The zero-order valence-electron chi connectivity index (χ0n) is 11.8.